The lowest BCUT2D eigenvalue weighted by molar-refractivity contribution is 0.0725. The van der Waals surface area contributed by atoms with Crippen molar-refractivity contribution in [1.82, 2.24) is 19.3 Å². The van der Waals surface area contributed by atoms with Gasteiger partial charge in [-0.25, -0.2) is 9.97 Å². The number of benzene rings is 1. The third-order valence-electron chi connectivity index (χ3n) is 4.55. The van der Waals surface area contributed by atoms with E-state index in [1.807, 2.05) is 21.7 Å². The molecule has 122 valence electrons. The van der Waals surface area contributed by atoms with Crippen LogP contribution in [-0.2, 0) is 13.0 Å². The molecule has 5 heteroatoms. The van der Waals surface area contributed by atoms with E-state index in [0.717, 1.165) is 24.8 Å². The van der Waals surface area contributed by atoms with Crippen molar-refractivity contribution in [3.8, 4) is 0 Å². The van der Waals surface area contributed by atoms with Gasteiger partial charge in [0.2, 0.25) is 0 Å². The SMILES string of the molecule is CCc1ccc(CN(C(=O)c2nccn3ccnc23)C2CC2)cc1. The van der Waals surface area contributed by atoms with Crippen LogP contribution in [0.5, 0.6) is 0 Å². The fourth-order valence-electron chi connectivity index (χ4n) is 2.97. The highest BCUT2D eigenvalue weighted by Crippen LogP contribution is 2.30. The number of nitrogens with zero attached hydrogens (tertiary/aromatic N) is 4. The van der Waals surface area contributed by atoms with E-state index in [9.17, 15) is 4.79 Å². The first-order chi connectivity index (χ1) is 11.8. The zero-order valence-corrected chi connectivity index (χ0v) is 13.7. The summed E-state index contributed by atoms with van der Waals surface area (Å²) < 4.78 is 1.83. The van der Waals surface area contributed by atoms with Crippen molar-refractivity contribution in [1.29, 1.82) is 0 Å². The Morgan fingerprint density at radius 1 is 1.12 bits per heavy atom. The molecule has 24 heavy (non-hydrogen) atoms. The van der Waals surface area contributed by atoms with E-state index in [4.69, 9.17) is 0 Å². The van der Waals surface area contributed by atoms with Gasteiger partial charge in [-0.2, -0.15) is 0 Å². The number of imidazole rings is 1. The van der Waals surface area contributed by atoms with Crippen LogP contribution in [0.15, 0.2) is 49.1 Å². The molecule has 0 radical (unpaired) electrons. The normalized spacial score (nSPS) is 14.0. The smallest absolute Gasteiger partial charge is 0.276 e. The molecular formula is C19H20N4O. The predicted molar refractivity (Wildman–Crippen MR) is 91.7 cm³/mol. The third-order valence-corrected chi connectivity index (χ3v) is 4.55. The van der Waals surface area contributed by atoms with Crippen LogP contribution in [0.2, 0.25) is 0 Å². The highest BCUT2D eigenvalue weighted by molar-refractivity contribution is 5.98. The van der Waals surface area contributed by atoms with Crippen LogP contribution in [0.1, 0.15) is 41.4 Å². The average molecular weight is 320 g/mol. The van der Waals surface area contributed by atoms with Gasteiger partial charge in [-0.3, -0.25) is 4.79 Å². The number of hydrogen-bond donors (Lipinski definition) is 0. The minimum atomic E-state index is -0.0335. The van der Waals surface area contributed by atoms with Crippen molar-refractivity contribution in [3.63, 3.8) is 0 Å². The van der Waals surface area contributed by atoms with Crippen molar-refractivity contribution in [2.45, 2.75) is 38.8 Å². The second-order valence-corrected chi connectivity index (χ2v) is 6.27. The second-order valence-electron chi connectivity index (χ2n) is 6.27. The van der Waals surface area contributed by atoms with Crippen LogP contribution in [0, 0.1) is 0 Å². The van der Waals surface area contributed by atoms with Crippen molar-refractivity contribution in [2.75, 3.05) is 0 Å². The first kappa shape index (κ1) is 14.9. The van der Waals surface area contributed by atoms with Crippen molar-refractivity contribution < 1.29 is 4.79 Å². The fraction of sp³-hybridized carbons (Fsp3) is 0.316. The van der Waals surface area contributed by atoms with E-state index in [-0.39, 0.29) is 5.91 Å². The quantitative estimate of drug-likeness (QED) is 0.726. The Morgan fingerprint density at radius 3 is 2.46 bits per heavy atom. The van der Waals surface area contributed by atoms with Crippen LogP contribution in [-0.4, -0.2) is 31.2 Å². The lowest BCUT2D eigenvalue weighted by atomic mass is 10.1. The minimum absolute atomic E-state index is 0.0335. The first-order valence-corrected chi connectivity index (χ1v) is 8.42. The van der Waals surface area contributed by atoms with Crippen LogP contribution in [0.4, 0.5) is 0 Å². The van der Waals surface area contributed by atoms with Gasteiger partial charge in [0.1, 0.15) is 0 Å². The largest absolute Gasteiger partial charge is 0.330 e. The lowest BCUT2D eigenvalue weighted by Gasteiger charge is -2.22. The van der Waals surface area contributed by atoms with E-state index in [1.165, 1.54) is 5.56 Å². The molecule has 1 aliphatic carbocycles. The number of carbonyl (C=O) groups is 1. The van der Waals surface area contributed by atoms with Gasteiger partial charge in [0, 0.05) is 37.4 Å². The fourth-order valence-corrected chi connectivity index (χ4v) is 2.97. The number of aromatic nitrogens is 3. The summed E-state index contributed by atoms with van der Waals surface area (Å²) in [7, 11) is 0. The van der Waals surface area contributed by atoms with Gasteiger partial charge in [-0.1, -0.05) is 31.2 Å². The summed E-state index contributed by atoms with van der Waals surface area (Å²) in [6.45, 7) is 2.77. The van der Waals surface area contributed by atoms with Gasteiger partial charge in [-0.05, 0) is 30.4 Å². The van der Waals surface area contributed by atoms with Crippen molar-refractivity contribution in [2.24, 2.45) is 0 Å². The van der Waals surface area contributed by atoms with Crippen LogP contribution >= 0.6 is 0 Å². The summed E-state index contributed by atoms with van der Waals surface area (Å²) in [5.74, 6) is -0.0335. The zero-order chi connectivity index (χ0) is 16.5. The molecule has 1 saturated carbocycles. The Balaban J connectivity index is 1.62. The molecule has 2 aromatic heterocycles. The summed E-state index contributed by atoms with van der Waals surface area (Å²) in [6, 6.07) is 8.83. The van der Waals surface area contributed by atoms with Gasteiger partial charge in [0.25, 0.3) is 5.91 Å². The highest BCUT2D eigenvalue weighted by atomic mass is 16.2. The minimum Gasteiger partial charge on any atom is -0.330 e. The number of hydrogen-bond acceptors (Lipinski definition) is 3. The standard InChI is InChI=1S/C19H20N4O/c1-2-14-3-5-15(6-4-14)13-23(16-7-8-16)19(24)17-18-21-10-12-22(18)11-9-20-17/h3-6,9-12,16H,2,7-8,13H2,1H3. The molecule has 0 saturated heterocycles. The Kier molecular flexibility index (Phi) is 3.76. The van der Waals surface area contributed by atoms with Crippen molar-refractivity contribution in [3.05, 3.63) is 65.9 Å². The van der Waals surface area contributed by atoms with Gasteiger partial charge in [0.05, 0.1) is 0 Å². The van der Waals surface area contributed by atoms with Crippen molar-refractivity contribution >= 4 is 11.6 Å². The summed E-state index contributed by atoms with van der Waals surface area (Å²) in [5, 5.41) is 0. The maximum absolute atomic E-state index is 13.1. The van der Waals surface area contributed by atoms with Gasteiger partial charge in [-0.15, -0.1) is 0 Å². The Labute approximate surface area is 141 Å². The van der Waals surface area contributed by atoms with E-state index >= 15 is 0 Å². The second kappa shape index (κ2) is 6.07. The predicted octanol–water partition coefficient (Wildman–Crippen LogP) is 3.10. The summed E-state index contributed by atoms with van der Waals surface area (Å²) in [6.07, 6.45) is 10.1. The van der Waals surface area contributed by atoms with Gasteiger partial charge < -0.3 is 9.30 Å². The molecule has 1 fully saturated rings. The maximum Gasteiger partial charge on any atom is 0.276 e. The van der Waals surface area contributed by atoms with Gasteiger partial charge in [0.15, 0.2) is 11.3 Å². The number of rotatable bonds is 5. The summed E-state index contributed by atoms with van der Waals surface area (Å²) >= 11 is 0. The molecule has 2 heterocycles. The molecular weight excluding hydrogens is 300 g/mol. The Bertz CT molecular complexity index is 864. The topological polar surface area (TPSA) is 50.5 Å². The molecule has 0 aliphatic heterocycles. The van der Waals surface area contributed by atoms with E-state index < -0.39 is 0 Å². The number of aryl methyl sites for hydroxylation is 1. The average Bonchev–Trinajstić information content (AvgIpc) is 3.35. The Morgan fingerprint density at radius 2 is 1.79 bits per heavy atom. The van der Waals surface area contributed by atoms with E-state index in [1.54, 1.807) is 12.4 Å². The third kappa shape index (κ3) is 2.77. The van der Waals surface area contributed by atoms with E-state index in [0.29, 0.717) is 23.9 Å². The maximum atomic E-state index is 13.1. The lowest BCUT2D eigenvalue weighted by Crippen LogP contribution is -2.33. The molecule has 0 spiro atoms. The molecule has 1 aliphatic rings. The highest BCUT2D eigenvalue weighted by Gasteiger charge is 2.34. The Hall–Kier alpha value is -2.69. The molecule has 0 atom stereocenters. The molecule has 3 aromatic rings. The zero-order valence-electron chi connectivity index (χ0n) is 13.7. The molecule has 4 rings (SSSR count). The molecule has 5 nitrogen and oxygen atoms in total. The first-order valence-electron chi connectivity index (χ1n) is 8.42. The van der Waals surface area contributed by atoms with E-state index in [2.05, 4.69) is 41.2 Å². The molecule has 0 bridgehead atoms. The van der Waals surface area contributed by atoms with Crippen LogP contribution < -0.4 is 0 Å². The molecule has 0 N–H and O–H groups in total. The number of amides is 1. The molecule has 0 unspecified atom stereocenters. The van der Waals surface area contributed by atoms with Crippen LogP contribution in [0.25, 0.3) is 5.65 Å². The van der Waals surface area contributed by atoms with Crippen LogP contribution in [0.3, 0.4) is 0 Å². The molecule has 1 aromatic carbocycles. The summed E-state index contributed by atoms with van der Waals surface area (Å²) in [4.78, 5) is 23.6. The number of fused-ring (bicyclic) bond motifs is 1. The monoisotopic (exact) mass is 320 g/mol. The summed E-state index contributed by atoms with van der Waals surface area (Å²) in [5.41, 5.74) is 3.52. The van der Waals surface area contributed by atoms with Gasteiger partial charge >= 0.3 is 0 Å². The number of carbonyl (C=O) groups excluding carboxylic acids is 1. The molecule has 1 amide bonds.